The standard InChI is InChI=1S/C14H15Cl2N3O2/c1-19(2)6-5-17-12-8-3-4-10(15)11(16)13(8)18-7-9(12)14(20)21/h3-4,7H,5-6H2,1-2H3,(H,17,18)(H,20,21). The van der Waals surface area contributed by atoms with Crippen molar-refractivity contribution in [3.63, 3.8) is 0 Å². The Labute approximate surface area is 132 Å². The second kappa shape index (κ2) is 6.47. The molecule has 0 aliphatic carbocycles. The molecule has 21 heavy (non-hydrogen) atoms. The second-order valence-corrected chi connectivity index (χ2v) is 5.62. The van der Waals surface area contributed by atoms with Gasteiger partial charge in [-0.15, -0.1) is 0 Å². The maximum absolute atomic E-state index is 11.4. The van der Waals surface area contributed by atoms with Crippen LogP contribution in [0.2, 0.25) is 10.0 Å². The Morgan fingerprint density at radius 3 is 2.71 bits per heavy atom. The van der Waals surface area contributed by atoms with Gasteiger partial charge in [-0.05, 0) is 26.2 Å². The predicted molar refractivity (Wildman–Crippen MR) is 85.8 cm³/mol. The summed E-state index contributed by atoms with van der Waals surface area (Å²) in [7, 11) is 3.89. The molecular formula is C14H15Cl2N3O2. The Kier molecular flexibility index (Phi) is 4.88. The number of nitrogens with one attached hydrogen (secondary N) is 1. The SMILES string of the molecule is CN(C)CCNc1c(C(=O)O)cnc2c(Cl)c(Cl)ccc12. The van der Waals surface area contributed by atoms with Gasteiger partial charge in [-0.3, -0.25) is 4.98 Å². The van der Waals surface area contributed by atoms with E-state index in [1.807, 2.05) is 19.0 Å². The lowest BCUT2D eigenvalue weighted by Crippen LogP contribution is -2.21. The van der Waals surface area contributed by atoms with Gasteiger partial charge in [0.05, 0.1) is 21.2 Å². The van der Waals surface area contributed by atoms with Crippen molar-refractivity contribution < 1.29 is 9.90 Å². The van der Waals surface area contributed by atoms with Gasteiger partial charge in [-0.2, -0.15) is 0 Å². The highest BCUT2D eigenvalue weighted by atomic mass is 35.5. The van der Waals surface area contributed by atoms with E-state index < -0.39 is 5.97 Å². The quantitative estimate of drug-likeness (QED) is 0.882. The largest absolute Gasteiger partial charge is 0.478 e. The van der Waals surface area contributed by atoms with Crippen LogP contribution in [0.25, 0.3) is 10.9 Å². The molecule has 2 rings (SSSR count). The molecule has 2 aromatic rings. The van der Waals surface area contributed by atoms with Crippen LogP contribution >= 0.6 is 23.2 Å². The van der Waals surface area contributed by atoms with Crippen LogP contribution < -0.4 is 5.32 Å². The molecule has 1 aromatic heterocycles. The van der Waals surface area contributed by atoms with Crippen LogP contribution in [0.5, 0.6) is 0 Å². The van der Waals surface area contributed by atoms with E-state index in [2.05, 4.69) is 10.3 Å². The van der Waals surface area contributed by atoms with Crippen molar-refractivity contribution >= 4 is 45.8 Å². The third-order valence-electron chi connectivity index (χ3n) is 3.02. The molecule has 112 valence electrons. The van der Waals surface area contributed by atoms with Crippen LogP contribution in [0.1, 0.15) is 10.4 Å². The lowest BCUT2D eigenvalue weighted by atomic mass is 10.1. The molecule has 7 heteroatoms. The van der Waals surface area contributed by atoms with Crippen LogP contribution in [0, 0.1) is 0 Å². The topological polar surface area (TPSA) is 65.5 Å². The molecule has 0 fully saturated rings. The molecule has 5 nitrogen and oxygen atoms in total. The summed E-state index contributed by atoms with van der Waals surface area (Å²) in [6.07, 6.45) is 1.30. The number of fused-ring (bicyclic) bond motifs is 1. The highest BCUT2D eigenvalue weighted by molar-refractivity contribution is 6.45. The molecule has 0 aliphatic heterocycles. The summed E-state index contributed by atoms with van der Waals surface area (Å²) in [5.41, 5.74) is 1.11. The highest BCUT2D eigenvalue weighted by Gasteiger charge is 2.16. The zero-order valence-corrected chi connectivity index (χ0v) is 13.2. The third-order valence-corrected chi connectivity index (χ3v) is 3.82. The molecular weight excluding hydrogens is 313 g/mol. The summed E-state index contributed by atoms with van der Waals surface area (Å²) >= 11 is 12.1. The number of hydrogen-bond donors (Lipinski definition) is 2. The first kappa shape index (κ1) is 15.8. The van der Waals surface area contributed by atoms with E-state index in [9.17, 15) is 9.90 Å². The van der Waals surface area contributed by atoms with Crippen LogP contribution in [0.3, 0.4) is 0 Å². The number of carboxylic acid groups (broad SMARTS) is 1. The van der Waals surface area contributed by atoms with Gasteiger partial charge >= 0.3 is 5.97 Å². The van der Waals surface area contributed by atoms with Crippen LogP contribution in [-0.2, 0) is 0 Å². The molecule has 0 amide bonds. The summed E-state index contributed by atoms with van der Waals surface area (Å²) in [6.45, 7) is 1.37. The number of likely N-dealkylation sites (N-methyl/N-ethyl adjacent to an activating group) is 1. The second-order valence-electron chi connectivity index (χ2n) is 4.84. The van der Waals surface area contributed by atoms with Crippen molar-refractivity contribution in [2.45, 2.75) is 0 Å². The zero-order chi connectivity index (χ0) is 15.6. The smallest absolute Gasteiger partial charge is 0.339 e. The Bertz CT molecular complexity index is 689. The van der Waals surface area contributed by atoms with Crippen LogP contribution in [-0.4, -0.2) is 48.1 Å². The van der Waals surface area contributed by atoms with Crippen molar-refractivity contribution in [1.82, 2.24) is 9.88 Å². The average molecular weight is 328 g/mol. The van der Waals surface area contributed by atoms with Crippen molar-refractivity contribution in [3.8, 4) is 0 Å². The summed E-state index contributed by atoms with van der Waals surface area (Å²) < 4.78 is 0. The zero-order valence-electron chi connectivity index (χ0n) is 11.7. The van der Waals surface area contributed by atoms with Gasteiger partial charge in [0.1, 0.15) is 5.56 Å². The number of aromatic carboxylic acids is 1. The first-order valence-electron chi connectivity index (χ1n) is 6.30. The highest BCUT2D eigenvalue weighted by Crippen LogP contribution is 2.34. The van der Waals surface area contributed by atoms with Gasteiger partial charge < -0.3 is 15.3 Å². The normalized spacial score (nSPS) is 11.1. The summed E-state index contributed by atoms with van der Waals surface area (Å²) in [5.74, 6) is -1.04. The van der Waals surface area contributed by atoms with Crippen LogP contribution in [0.4, 0.5) is 5.69 Å². The molecule has 0 bridgehead atoms. The summed E-state index contributed by atoms with van der Waals surface area (Å²) in [4.78, 5) is 17.5. The Hall–Kier alpha value is -1.56. The van der Waals surface area contributed by atoms with Crippen molar-refractivity contribution in [2.75, 3.05) is 32.5 Å². The molecule has 2 N–H and O–H groups in total. The van der Waals surface area contributed by atoms with Crippen molar-refractivity contribution in [1.29, 1.82) is 0 Å². The first-order chi connectivity index (χ1) is 9.91. The number of anilines is 1. The number of halogens is 2. The van der Waals surface area contributed by atoms with Gasteiger partial charge in [-0.1, -0.05) is 23.2 Å². The van der Waals surface area contributed by atoms with Gasteiger partial charge in [0, 0.05) is 24.7 Å². The number of rotatable bonds is 5. The lowest BCUT2D eigenvalue weighted by Gasteiger charge is -2.15. The molecule has 0 saturated heterocycles. The van der Waals surface area contributed by atoms with Crippen molar-refractivity contribution in [2.24, 2.45) is 0 Å². The van der Waals surface area contributed by atoms with Gasteiger partial charge in [0.2, 0.25) is 0 Å². The van der Waals surface area contributed by atoms with E-state index in [0.29, 0.717) is 33.2 Å². The number of nitrogens with zero attached hydrogens (tertiary/aromatic N) is 2. The van der Waals surface area contributed by atoms with Gasteiger partial charge in [0.15, 0.2) is 0 Å². The fraction of sp³-hybridized carbons (Fsp3) is 0.286. The Morgan fingerprint density at radius 1 is 1.38 bits per heavy atom. The number of aromatic nitrogens is 1. The number of benzene rings is 1. The molecule has 0 unspecified atom stereocenters. The fourth-order valence-electron chi connectivity index (χ4n) is 1.96. The number of carboxylic acids is 1. The van der Waals surface area contributed by atoms with E-state index >= 15 is 0 Å². The molecule has 0 aliphatic rings. The molecule has 1 aromatic carbocycles. The minimum atomic E-state index is -1.04. The fourth-order valence-corrected chi connectivity index (χ4v) is 2.33. The van der Waals surface area contributed by atoms with E-state index in [1.165, 1.54) is 6.20 Å². The number of pyridine rings is 1. The van der Waals surface area contributed by atoms with Crippen LogP contribution in [0.15, 0.2) is 18.3 Å². The predicted octanol–water partition coefficient (Wildman–Crippen LogP) is 3.21. The number of carbonyl (C=O) groups is 1. The number of hydrogen-bond acceptors (Lipinski definition) is 4. The molecule has 0 spiro atoms. The lowest BCUT2D eigenvalue weighted by molar-refractivity contribution is 0.0697. The summed E-state index contributed by atoms with van der Waals surface area (Å²) in [6, 6.07) is 3.36. The average Bonchev–Trinajstić information content (AvgIpc) is 2.42. The minimum absolute atomic E-state index is 0.111. The van der Waals surface area contributed by atoms with Gasteiger partial charge in [-0.25, -0.2) is 4.79 Å². The monoisotopic (exact) mass is 327 g/mol. The Morgan fingerprint density at radius 2 is 2.10 bits per heavy atom. The van der Waals surface area contributed by atoms with E-state index in [4.69, 9.17) is 23.2 Å². The van der Waals surface area contributed by atoms with E-state index in [0.717, 1.165) is 6.54 Å². The molecule has 0 saturated carbocycles. The first-order valence-corrected chi connectivity index (χ1v) is 7.06. The van der Waals surface area contributed by atoms with Gasteiger partial charge in [0.25, 0.3) is 0 Å². The molecule has 0 radical (unpaired) electrons. The van der Waals surface area contributed by atoms with E-state index in [1.54, 1.807) is 12.1 Å². The van der Waals surface area contributed by atoms with Crippen molar-refractivity contribution in [3.05, 3.63) is 33.9 Å². The minimum Gasteiger partial charge on any atom is -0.478 e. The third kappa shape index (κ3) is 3.37. The Balaban J connectivity index is 2.54. The molecule has 1 heterocycles. The maximum atomic E-state index is 11.4. The van der Waals surface area contributed by atoms with E-state index in [-0.39, 0.29) is 5.56 Å². The summed E-state index contributed by atoms with van der Waals surface area (Å²) in [5, 5.41) is 13.8. The maximum Gasteiger partial charge on any atom is 0.339 e. The molecule has 0 atom stereocenters.